The van der Waals surface area contributed by atoms with Crippen LogP contribution in [0.25, 0.3) is 11.5 Å². The van der Waals surface area contributed by atoms with Crippen molar-refractivity contribution in [2.45, 2.75) is 25.7 Å². The molecule has 3 rings (SSSR count). The first-order chi connectivity index (χ1) is 9.22. The fourth-order valence-electron chi connectivity index (χ4n) is 1.97. The summed E-state index contributed by atoms with van der Waals surface area (Å²) in [5.74, 6) is 1.12. The Labute approximate surface area is 109 Å². The number of rotatable bonds is 2. The lowest BCUT2D eigenvalue weighted by atomic mass is 9.99. The molecule has 19 heavy (non-hydrogen) atoms. The Hall–Kier alpha value is -2.31. The van der Waals surface area contributed by atoms with Crippen LogP contribution >= 0.6 is 0 Å². The first-order valence-electron chi connectivity index (χ1n) is 6.13. The average molecular weight is 259 g/mol. The van der Waals surface area contributed by atoms with Gasteiger partial charge in [0, 0.05) is 13.0 Å². The summed E-state index contributed by atoms with van der Waals surface area (Å²) in [4.78, 5) is 15.4. The van der Waals surface area contributed by atoms with Crippen LogP contribution in [0.15, 0.2) is 16.7 Å². The molecule has 1 amide bonds. The zero-order valence-corrected chi connectivity index (χ0v) is 10.5. The maximum Gasteiger partial charge on any atom is 0.231 e. The summed E-state index contributed by atoms with van der Waals surface area (Å²) in [7, 11) is 0. The molecule has 0 spiro atoms. The van der Waals surface area contributed by atoms with Gasteiger partial charge in [0.2, 0.25) is 17.6 Å². The normalized spacial score (nSPS) is 19.2. The first-order valence-corrected chi connectivity index (χ1v) is 6.13. The molecule has 0 saturated carbocycles. The highest BCUT2D eigenvalue weighted by Gasteiger charge is 2.25. The van der Waals surface area contributed by atoms with Crippen LogP contribution in [0, 0.1) is 6.92 Å². The molecule has 2 aromatic heterocycles. The van der Waals surface area contributed by atoms with E-state index < -0.39 is 0 Å². The zero-order valence-electron chi connectivity index (χ0n) is 10.5. The van der Waals surface area contributed by atoms with E-state index in [-0.39, 0.29) is 11.8 Å². The van der Waals surface area contributed by atoms with Gasteiger partial charge in [0.15, 0.2) is 0 Å². The lowest BCUT2D eigenvalue weighted by Gasteiger charge is -2.18. The Bertz CT molecular complexity index is 582. The molecule has 98 valence electrons. The van der Waals surface area contributed by atoms with Gasteiger partial charge in [-0.2, -0.15) is 10.1 Å². The number of amides is 1. The Balaban J connectivity index is 1.79. The summed E-state index contributed by atoms with van der Waals surface area (Å²) in [6.07, 6.45) is 1.22. The highest BCUT2D eigenvalue weighted by atomic mass is 16.5. The molecule has 3 heterocycles. The molecule has 1 atom stereocenters. The Morgan fingerprint density at radius 3 is 2.95 bits per heavy atom. The van der Waals surface area contributed by atoms with Crippen molar-refractivity contribution in [3.63, 3.8) is 0 Å². The Kier molecular flexibility index (Phi) is 2.94. The zero-order chi connectivity index (χ0) is 13.2. The van der Waals surface area contributed by atoms with Crippen LogP contribution in [0.5, 0.6) is 0 Å². The van der Waals surface area contributed by atoms with Gasteiger partial charge < -0.3 is 9.84 Å². The van der Waals surface area contributed by atoms with E-state index in [0.29, 0.717) is 30.4 Å². The van der Waals surface area contributed by atoms with Crippen LogP contribution < -0.4 is 5.32 Å². The third kappa shape index (κ3) is 2.44. The standard InChI is InChI=1S/C12H13N5O2/c1-7-2-4-9(16-15-7)11-14-12(19-17-11)8-3-5-10(18)13-6-8/h2,4,8H,3,5-6H2,1H3,(H,13,18)/t8-/m1/s1. The molecule has 0 aromatic carbocycles. The number of carbonyl (C=O) groups is 1. The molecule has 1 aliphatic rings. The lowest BCUT2D eigenvalue weighted by Crippen LogP contribution is -2.33. The number of hydrogen-bond donors (Lipinski definition) is 1. The molecular formula is C12H13N5O2. The monoisotopic (exact) mass is 259 g/mol. The van der Waals surface area contributed by atoms with Crippen molar-refractivity contribution >= 4 is 5.91 Å². The van der Waals surface area contributed by atoms with Crippen LogP contribution in [0.2, 0.25) is 0 Å². The molecule has 1 fully saturated rings. The third-order valence-corrected chi connectivity index (χ3v) is 3.08. The molecule has 1 N–H and O–H groups in total. The number of piperidine rings is 1. The largest absolute Gasteiger partial charge is 0.355 e. The first kappa shape index (κ1) is 11.8. The second kappa shape index (κ2) is 4.75. The van der Waals surface area contributed by atoms with Gasteiger partial charge >= 0.3 is 0 Å². The number of nitrogens with zero attached hydrogens (tertiary/aromatic N) is 4. The predicted molar refractivity (Wildman–Crippen MR) is 65.0 cm³/mol. The number of nitrogens with one attached hydrogen (secondary N) is 1. The summed E-state index contributed by atoms with van der Waals surface area (Å²) < 4.78 is 5.24. The molecule has 7 heteroatoms. The van der Waals surface area contributed by atoms with Crippen molar-refractivity contribution in [3.8, 4) is 11.5 Å². The molecule has 7 nitrogen and oxygen atoms in total. The molecule has 0 radical (unpaired) electrons. The highest BCUT2D eigenvalue weighted by molar-refractivity contribution is 5.76. The van der Waals surface area contributed by atoms with E-state index in [4.69, 9.17) is 4.52 Å². The second-order valence-electron chi connectivity index (χ2n) is 4.56. The minimum absolute atomic E-state index is 0.0698. The van der Waals surface area contributed by atoms with Crippen molar-refractivity contribution in [1.29, 1.82) is 0 Å². The topological polar surface area (TPSA) is 93.8 Å². The molecule has 2 aromatic rings. The van der Waals surface area contributed by atoms with Gasteiger partial charge in [-0.15, -0.1) is 5.10 Å². The molecule has 0 bridgehead atoms. The van der Waals surface area contributed by atoms with Gasteiger partial charge in [0.05, 0.1) is 11.6 Å². The van der Waals surface area contributed by atoms with Crippen molar-refractivity contribution in [2.75, 3.05) is 6.54 Å². The predicted octanol–water partition coefficient (Wildman–Crippen LogP) is 0.829. The van der Waals surface area contributed by atoms with Crippen LogP contribution in [-0.2, 0) is 4.79 Å². The quantitative estimate of drug-likeness (QED) is 0.858. The van der Waals surface area contributed by atoms with Crippen molar-refractivity contribution in [2.24, 2.45) is 0 Å². The maximum absolute atomic E-state index is 11.1. The smallest absolute Gasteiger partial charge is 0.231 e. The van der Waals surface area contributed by atoms with Gasteiger partial charge in [0.1, 0.15) is 5.69 Å². The Morgan fingerprint density at radius 2 is 2.26 bits per heavy atom. The lowest BCUT2D eigenvalue weighted by molar-refractivity contribution is -0.122. The van der Waals surface area contributed by atoms with E-state index in [1.54, 1.807) is 6.07 Å². The summed E-state index contributed by atoms with van der Waals surface area (Å²) in [5, 5.41) is 14.7. The van der Waals surface area contributed by atoms with Gasteiger partial charge in [-0.25, -0.2) is 0 Å². The number of aryl methyl sites for hydroxylation is 1. The number of hydrogen-bond acceptors (Lipinski definition) is 6. The van der Waals surface area contributed by atoms with Crippen LogP contribution in [0.1, 0.15) is 30.3 Å². The summed E-state index contributed by atoms with van der Waals surface area (Å²) in [5.41, 5.74) is 1.42. The second-order valence-corrected chi connectivity index (χ2v) is 4.56. The van der Waals surface area contributed by atoms with Crippen LogP contribution in [0.3, 0.4) is 0 Å². The van der Waals surface area contributed by atoms with E-state index >= 15 is 0 Å². The molecule has 1 saturated heterocycles. The molecule has 0 aliphatic carbocycles. The van der Waals surface area contributed by atoms with E-state index in [1.807, 2.05) is 13.0 Å². The summed E-state index contributed by atoms with van der Waals surface area (Å²) in [6, 6.07) is 3.65. The number of aromatic nitrogens is 4. The van der Waals surface area contributed by atoms with Crippen molar-refractivity contribution < 1.29 is 9.32 Å². The average Bonchev–Trinajstić information content (AvgIpc) is 2.90. The van der Waals surface area contributed by atoms with Gasteiger partial charge in [-0.3, -0.25) is 4.79 Å². The van der Waals surface area contributed by atoms with Crippen molar-refractivity contribution in [3.05, 3.63) is 23.7 Å². The fraction of sp³-hybridized carbons (Fsp3) is 0.417. The van der Waals surface area contributed by atoms with Crippen LogP contribution in [0.4, 0.5) is 0 Å². The van der Waals surface area contributed by atoms with E-state index in [1.165, 1.54) is 0 Å². The minimum Gasteiger partial charge on any atom is -0.355 e. The Morgan fingerprint density at radius 1 is 1.37 bits per heavy atom. The van der Waals surface area contributed by atoms with Gasteiger partial charge in [-0.05, 0) is 25.5 Å². The van der Waals surface area contributed by atoms with E-state index in [0.717, 1.165) is 12.1 Å². The summed E-state index contributed by atoms with van der Waals surface area (Å²) >= 11 is 0. The molecular weight excluding hydrogens is 246 g/mol. The van der Waals surface area contributed by atoms with Crippen molar-refractivity contribution in [1.82, 2.24) is 25.7 Å². The molecule has 1 aliphatic heterocycles. The minimum atomic E-state index is 0.0698. The highest BCUT2D eigenvalue weighted by Crippen LogP contribution is 2.23. The SMILES string of the molecule is Cc1ccc(-c2noc([C@@H]3CCC(=O)NC3)n2)nn1. The number of carbonyl (C=O) groups excluding carboxylic acids is 1. The maximum atomic E-state index is 11.1. The fourth-order valence-corrected chi connectivity index (χ4v) is 1.97. The van der Waals surface area contributed by atoms with Crippen LogP contribution in [-0.4, -0.2) is 32.8 Å². The van der Waals surface area contributed by atoms with E-state index in [9.17, 15) is 4.79 Å². The van der Waals surface area contributed by atoms with Gasteiger partial charge in [-0.1, -0.05) is 5.16 Å². The third-order valence-electron chi connectivity index (χ3n) is 3.08. The van der Waals surface area contributed by atoms with E-state index in [2.05, 4.69) is 25.7 Å². The van der Waals surface area contributed by atoms with Gasteiger partial charge in [0.25, 0.3) is 0 Å². The molecule has 0 unspecified atom stereocenters. The summed E-state index contributed by atoms with van der Waals surface area (Å²) in [6.45, 7) is 2.41.